The van der Waals surface area contributed by atoms with E-state index in [0.717, 1.165) is 19.1 Å². The lowest BCUT2D eigenvalue weighted by molar-refractivity contribution is -0.132. The first-order valence-corrected chi connectivity index (χ1v) is 8.71. The van der Waals surface area contributed by atoms with Gasteiger partial charge in [-0.05, 0) is 19.3 Å². The van der Waals surface area contributed by atoms with Gasteiger partial charge in [0.2, 0.25) is 15.9 Å². The van der Waals surface area contributed by atoms with Crippen molar-refractivity contribution in [2.24, 2.45) is 5.73 Å². The van der Waals surface area contributed by atoms with Crippen LogP contribution in [0.25, 0.3) is 0 Å². The number of carbonyl (C=O) groups is 1. The van der Waals surface area contributed by atoms with E-state index in [0.29, 0.717) is 32.4 Å². The molecule has 1 aliphatic heterocycles. The Kier molecular flexibility index (Phi) is 6.22. The fraction of sp³-hybridized carbons (Fsp3) is 0.917. The number of amides is 1. The van der Waals surface area contributed by atoms with Crippen LogP contribution >= 0.6 is 0 Å². The van der Waals surface area contributed by atoms with Crippen LogP contribution in [0.4, 0.5) is 0 Å². The number of nitrogens with one attached hydrogen (secondary N) is 1. The standard InChI is InChI=1S/C12H25N3O3S/c1-3-4-10(13)9-12(16)15-7-5-11(6-8-15)14-19(2,17)18/h10-11,14H,3-9,13H2,1-2H3. The van der Waals surface area contributed by atoms with Crippen LogP contribution in [0.2, 0.25) is 0 Å². The molecule has 0 aromatic heterocycles. The highest BCUT2D eigenvalue weighted by atomic mass is 32.2. The molecule has 19 heavy (non-hydrogen) atoms. The predicted octanol–water partition coefficient (Wildman–Crippen LogP) is 0.0441. The van der Waals surface area contributed by atoms with Gasteiger partial charge in [0, 0.05) is 31.6 Å². The zero-order valence-corrected chi connectivity index (χ0v) is 12.6. The summed E-state index contributed by atoms with van der Waals surface area (Å²) in [6.45, 7) is 3.25. The summed E-state index contributed by atoms with van der Waals surface area (Å²) < 4.78 is 24.8. The molecule has 112 valence electrons. The average molecular weight is 291 g/mol. The number of likely N-dealkylation sites (tertiary alicyclic amines) is 1. The first-order chi connectivity index (χ1) is 8.81. The fourth-order valence-corrected chi connectivity index (χ4v) is 3.22. The molecule has 0 aliphatic carbocycles. The normalized spacial score (nSPS) is 19.4. The van der Waals surface area contributed by atoms with E-state index >= 15 is 0 Å². The Hall–Kier alpha value is -0.660. The number of sulfonamides is 1. The number of nitrogens with two attached hydrogens (primary N) is 1. The molecule has 0 bridgehead atoms. The Balaban J connectivity index is 2.35. The highest BCUT2D eigenvalue weighted by Crippen LogP contribution is 2.13. The van der Waals surface area contributed by atoms with Crippen molar-refractivity contribution in [3.8, 4) is 0 Å². The summed E-state index contributed by atoms with van der Waals surface area (Å²) in [5.41, 5.74) is 5.86. The monoisotopic (exact) mass is 291 g/mol. The number of rotatable bonds is 6. The molecule has 1 rings (SSSR count). The first-order valence-electron chi connectivity index (χ1n) is 6.82. The van der Waals surface area contributed by atoms with Crippen molar-refractivity contribution in [3.63, 3.8) is 0 Å². The van der Waals surface area contributed by atoms with Gasteiger partial charge in [0.15, 0.2) is 0 Å². The third-order valence-electron chi connectivity index (χ3n) is 3.32. The molecule has 0 aromatic carbocycles. The topological polar surface area (TPSA) is 92.5 Å². The number of piperidine rings is 1. The van der Waals surface area contributed by atoms with Gasteiger partial charge < -0.3 is 10.6 Å². The molecular weight excluding hydrogens is 266 g/mol. The molecule has 1 aliphatic rings. The molecule has 1 heterocycles. The SMILES string of the molecule is CCCC(N)CC(=O)N1CCC(NS(C)(=O)=O)CC1. The van der Waals surface area contributed by atoms with E-state index in [1.165, 1.54) is 0 Å². The predicted molar refractivity (Wildman–Crippen MR) is 75.1 cm³/mol. The molecular formula is C12H25N3O3S. The van der Waals surface area contributed by atoms with E-state index in [1.54, 1.807) is 4.90 Å². The van der Waals surface area contributed by atoms with Crippen molar-refractivity contribution in [1.82, 2.24) is 9.62 Å². The van der Waals surface area contributed by atoms with Gasteiger partial charge >= 0.3 is 0 Å². The van der Waals surface area contributed by atoms with E-state index in [2.05, 4.69) is 4.72 Å². The lowest BCUT2D eigenvalue weighted by atomic mass is 10.0. The second-order valence-corrected chi connectivity index (χ2v) is 7.08. The fourth-order valence-electron chi connectivity index (χ4n) is 2.38. The smallest absolute Gasteiger partial charge is 0.224 e. The number of carbonyl (C=O) groups excluding carboxylic acids is 1. The van der Waals surface area contributed by atoms with E-state index in [9.17, 15) is 13.2 Å². The maximum absolute atomic E-state index is 12.0. The minimum absolute atomic E-state index is 0.0524. The molecule has 7 heteroatoms. The molecule has 3 N–H and O–H groups in total. The number of hydrogen-bond acceptors (Lipinski definition) is 4. The quantitative estimate of drug-likeness (QED) is 0.723. The third kappa shape index (κ3) is 6.35. The van der Waals surface area contributed by atoms with Gasteiger partial charge in [-0.2, -0.15) is 0 Å². The molecule has 1 unspecified atom stereocenters. The van der Waals surface area contributed by atoms with E-state index in [-0.39, 0.29) is 18.0 Å². The zero-order valence-electron chi connectivity index (χ0n) is 11.8. The number of nitrogens with zero attached hydrogens (tertiary/aromatic N) is 1. The second kappa shape index (κ2) is 7.21. The third-order valence-corrected chi connectivity index (χ3v) is 4.09. The maximum atomic E-state index is 12.0. The van der Waals surface area contributed by atoms with Gasteiger partial charge in [-0.25, -0.2) is 13.1 Å². The zero-order chi connectivity index (χ0) is 14.5. The molecule has 1 amide bonds. The molecule has 0 radical (unpaired) electrons. The summed E-state index contributed by atoms with van der Waals surface area (Å²) in [5, 5.41) is 0. The molecule has 1 saturated heterocycles. The maximum Gasteiger partial charge on any atom is 0.224 e. The Morgan fingerprint density at radius 3 is 2.47 bits per heavy atom. The Labute approximate surface area is 115 Å². The Bertz CT molecular complexity index is 389. The summed E-state index contributed by atoms with van der Waals surface area (Å²) in [6, 6.07) is -0.118. The van der Waals surface area contributed by atoms with E-state index in [4.69, 9.17) is 5.73 Å². The molecule has 0 saturated carbocycles. The summed E-state index contributed by atoms with van der Waals surface area (Å²) in [7, 11) is -3.16. The van der Waals surface area contributed by atoms with Crippen LogP contribution < -0.4 is 10.5 Å². The highest BCUT2D eigenvalue weighted by Gasteiger charge is 2.25. The van der Waals surface area contributed by atoms with E-state index in [1.807, 2.05) is 6.92 Å². The van der Waals surface area contributed by atoms with Crippen molar-refractivity contribution in [2.45, 2.75) is 51.1 Å². The van der Waals surface area contributed by atoms with Crippen molar-refractivity contribution in [3.05, 3.63) is 0 Å². The lowest BCUT2D eigenvalue weighted by Crippen LogP contribution is -2.47. The van der Waals surface area contributed by atoms with Crippen LogP contribution in [0.15, 0.2) is 0 Å². The van der Waals surface area contributed by atoms with Gasteiger partial charge in [-0.3, -0.25) is 4.79 Å². The van der Waals surface area contributed by atoms with Crippen LogP contribution in [0.1, 0.15) is 39.0 Å². The lowest BCUT2D eigenvalue weighted by Gasteiger charge is -2.32. The Morgan fingerprint density at radius 1 is 1.42 bits per heavy atom. The van der Waals surface area contributed by atoms with Crippen molar-refractivity contribution in [2.75, 3.05) is 19.3 Å². The van der Waals surface area contributed by atoms with Gasteiger partial charge in [0.05, 0.1) is 6.26 Å². The highest BCUT2D eigenvalue weighted by molar-refractivity contribution is 7.88. The second-order valence-electron chi connectivity index (χ2n) is 5.30. The van der Waals surface area contributed by atoms with Crippen LogP contribution in [0.3, 0.4) is 0 Å². The average Bonchev–Trinajstić information content (AvgIpc) is 2.27. The summed E-state index contributed by atoms with van der Waals surface area (Å²) in [6.07, 6.45) is 4.72. The number of hydrogen-bond donors (Lipinski definition) is 2. The van der Waals surface area contributed by atoms with Crippen LogP contribution in [-0.2, 0) is 14.8 Å². The van der Waals surface area contributed by atoms with Crippen LogP contribution in [0.5, 0.6) is 0 Å². The van der Waals surface area contributed by atoms with Crippen molar-refractivity contribution in [1.29, 1.82) is 0 Å². The molecule has 6 nitrogen and oxygen atoms in total. The summed E-state index contributed by atoms with van der Waals surface area (Å²) in [5.74, 6) is 0.0822. The Morgan fingerprint density at radius 2 is 2.00 bits per heavy atom. The van der Waals surface area contributed by atoms with Gasteiger partial charge in [0.25, 0.3) is 0 Å². The van der Waals surface area contributed by atoms with E-state index < -0.39 is 10.0 Å². The van der Waals surface area contributed by atoms with Crippen LogP contribution in [0, 0.1) is 0 Å². The summed E-state index contributed by atoms with van der Waals surface area (Å²) >= 11 is 0. The van der Waals surface area contributed by atoms with Gasteiger partial charge in [-0.1, -0.05) is 13.3 Å². The van der Waals surface area contributed by atoms with Crippen molar-refractivity contribution < 1.29 is 13.2 Å². The van der Waals surface area contributed by atoms with Crippen LogP contribution in [-0.4, -0.2) is 50.7 Å². The minimum atomic E-state index is -3.16. The van der Waals surface area contributed by atoms with Gasteiger partial charge in [0.1, 0.15) is 0 Å². The van der Waals surface area contributed by atoms with Gasteiger partial charge in [-0.15, -0.1) is 0 Å². The summed E-state index contributed by atoms with van der Waals surface area (Å²) in [4.78, 5) is 13.8. The first kappa shape index (κ1) is 16.4. The van der Waals surface area contributed by atoms with Crippen molar-refractivity contribution >= 4 is 15.9 Å². The minimum Gasteiger partial charge on any atom is -0.343 e. The molecule has 1 fully saturated rings. The largest absolute Gasteiger partial charge is 0.343 e. The molecule has 0 aromatic rings. The molecule has 0 spiro atoms. The molecule has 1 atom stereocenters.